The zero-order chi connectivity index (χ0) is 24.7. The number of benzene rings is 2. The number of pyridine rings is 1. The van der Waals surface area contributed by atoms with Crippen LogP contribution in [-0.2, 0) is 0 Å². The molecule has 6 rings (SSSR count). The Bertz CT molecular complexity index is 1530. The quantitative estimate of drug-likeness (QED) is 0.351. The standard InChI is InChI=1S/C29H31N7/c1-20(2)35-16-6-13-29(3,18-35)33-28-32-26(22-11-14-30-15-12-22)25(27-34-31-19-36(27)28)24-10-9-21-7-4-5-8-23(21)17-24/h4-5,7-12,14-15,17,19-20H,6,13,16,18H2,1-3H3,(H,32,33)/t29-/m0/s1. The van der Waals surface area contributed by atoms with Crippen LogP contribution in [0.5, 0.6) is 0 Å². The zero-order valence-electron chi connectivity index (χ0n) is 21.0. The summed E-state index contributed by atoms with van der Waals surface area (Å²) in [7, 11) is 0. The van der Waals surface area contributed by atoms with E-state index in [4.69, 9.17) is 4.98 Å². The van der Waals surface area contributed by atoms with Gasteiger partial charge in [0.15, 0.2) is 5.65 Å². The monoisotopic (exact) mass is 477 g/mol. The number of nitrogens with one attached hydrogen (secondary N) is 1. The molecule has 1 atom stereocenters. The van der Waals surface area contributed by atoms with E-state index >= 15 is 0 Å². The zero-order valence-corrected chi connectivity index (χ0v) is 21.0. The number of fused-ring (bicyclic) bond motifs is 2. The van der Waals surface area contributed by atoms with Crippen LogP contribution in [0.2, 0.25) is 0 Å². The lowest BCUT2D eigenvalue weighted by molar-refractivity contribution is 0.137. The van der Waals surface area contributed by atoms with Gasteiger partial charge in [0.2, 0.25) is 5.95 Å². The Kier molecular flexibility index (Phi) is 5.64. The molecule has 1 saturated heterocycles. The molecule has 0 aliphatic carbocycles. The third kappa shape index (κ3) is 4.09. The van der Waals surface area contributed by atoms with Crippen molar-refractivity contribution in [3.05, 3.63) is 73.3 Å². The lowest BCUT2D eigenvalue weighted by Gasteiger charge is -2.43. The molecule has 4 heterocycles. The van der Waals surface area contributed by atoms with Gasteiger partial charge in [-0.2, -0.15) is 0 Å². The summed E-state index contributed by atoms with van der Waals surface area (Å²) in [6.07, 6.45) is 7.62. The molecule has 1 aliphatic heterocycles. The molecule has 1 N–H and O–H groups in total. The molecule has 5 aromatic rings. The Morgan fingerprint density at radius 3 is 2.58 bits per heavy atom. The van der Waals surface area contributed by atoms with Gasteiger partial charge in [-0.25, -0.2) is 4.98 Å². The van der Waals surface area contributed by atoms with Crippen molar-refractivity contribution in [2.24, 2.45) is 0 Å². The van der Waals surface area contributed by atoms with Crippen molar-refractivity contribution in [3.63, 3.8) is 0 Å². The first-order valence-electron chi connectivity index (χ1n) is 12.7. The smallest absolute Gasteiger partial charge is 0.211 e. The van der Waals surface area contributed by atoms with Crippen molar-refractivity contribution >= 4 is 22.4 Å². The number of rotatable bonds is 5. The second-order valence-corrected chi connectivity index (χ2v) is 10.3. The highest BCUT2D eigenvalue weighted by molar-refractivity contribution is 5.95. The van der Waals surface area contributed by atoms with Crippen LogP contribution in [0, 0.1) is 0 Å². The van der Waals surface area contributed by atoms with E-state index < -0.39 is 0 Å². The number of piperidine rings is 1. The van der Waals surface area contributed by atoms with Gasteiger partial charge in [0.25, 0.3) is 0 Å². The van der Waals surface area contributed by atoms with E-state index in [2.05, 4.69) is 88.6 Å². The van der Waals surface area contributed by atoms with Crippen LogP contribution in [0.15, 0.2) is 73.3 Å². The molecule has 7 nitrogen and oxygen atoms in total. The SMILES string of the molecule is CC(C)N1CCC[C@](C)(Nc2nc(-c3ccncc3)c(-c3ccc4ccccc4c3)c3nncn23)C1. The van der Waals surface area contributed by atoms with Crippen molar-refractivity contribution < 1.29 is 0 Å². The van der Waals surface area contributed by atoms with Crippen molar-refractivity contribution in [1.29, 1.82) is 0 Å². The van der Waals surface area contributed by atoms with Crippen LogP contribution in [0.25, 0.3) is 38.8 Å². The third-order valence-corrected chi connectivity index (χ3v) is 7.32. The molecular formula is C29H31N7. The maximum atomic E-state index is 5.23. The third-order valence-electron chi connectivity index (χ3n) is 7.32. The summed E-state index contributed by atoms with van der Waals surface area (Å²) in [4.78, 5) is 12.0. The molecule has 1 fully saturated rings. The van der Waals surface area contributed by atoms with Gasteiger partial charge in [-0.15, -0.1) is 10.2 Å². The molecule has 2 aromatic carbocycles. The van der Waals surface area contributed by atoms with E-state index in [0.29, 0.717) is 6.04 Å². The fraction of sp³-hybridized carbons (Fsp3) is 0.310. The number of hydrogen-bond acceptors (Lipinski definition) is 6. The van der Waals surface area contributed by atoms with Crippen LogP contribution in [-0.4, -0.2) is 54.1 Å². The largest absolute Gasteiger partial charge is 0.349 e. The Morgan fingerprint density at radius 2 is 1.78 bits per heavy atom. The summed E-state index contributed by atoms with van der Waals surface area (Å²) in [5.74, 6) is 0.763. The fourth-order valence-electron chi connectivity index (χ4n) is 5.39. The molecule has 0 saturated carbocycles. The second kappa shape index (κ2) is 8.99. The molecular weight excluding hydrogens is 446 g/mol. The molecule has 0 bridgehead atoms. The van der Waals surface area contributed by atoms with Crippen LogP contribution in [0.4, 0.5) is 5.95 Å². The van der Waals surface area contributed by atoms with Crippen molar-refractivity contribution in [2.75, 3.05) is 18.4 Å². The fourth-order valence-corrected chi connectivity index (χ4v) is 5.39. The highest BCUT2D eigenvalue weighted by Gasteiger charge is 2.33. The van der Waals surface area contributed by atoms with Gasteiger partial charge in [0.1, 0.15) is 6.33 Å². The molecule has 1 aliphatic rings. The first kappa shape index (κ1) is 22.6. The average Bonchev–Trinajstić information content (AvgIpc) is 3.39. The van der Waals surface area contributed by atoms with Gasteiger partial charge < -0.3 is 5.32 Å². The maximum Gasteiger partial charge on any atom is 0.211 e. The number of hydrogen-bond donors (Lipinski definition) is 1. The summed E-state index contributed by atoms with van der Waals surface area (Å²) < 4.78 is 1.99. The van der Waals surface area contributed by atoms with Crippen molar-refractivity contribution in [3.8, 4) is 22.4 Å². The van der Waals surface area contributed by atoms with E-state index in [9.17, 15) is 0 Å². The van der Waals surface area contributed by atoms with Crippen LogP contribution < -0.4 is 5.32 Å². The molecule has 0 unspecified atom stereocenters. The van der Waals surface area contributed by atoms with Crippen LogP contribution in [0.3, 0.4) is 0 Å². The first-order chi connectivity index (χ1) is 17.5. The highest BCUT2D eigenvalue weighted by atomic mass is 15.3. The van der Waals surface area contributed by atoms with Gasteiger partial charge in [-0.3, -0.25) is 14.3 Å². The summed E-state index contributed by atoms with van der Waals surface area (Å²) in [6, 6.07) is 19.4. The Labute approximate surface area is 211 Å². The second-order valence-electron chi connectivity index (χ2n) is 10.3. The van der Waals surface area contributed by atoms with Gasteiger partial charge in [0, 0.05) is 30.5 Å². The van der Waals surface area contributed by atoms with Gasteiger partial charge in [-0.1, -0.05) is 36.4 Å². The summed E-state index contributed by atoms with van der Waals surface area (Å²) in [5, 5.41) is 15.1. The van der Waals surface area contributed by atoms with Gasteiger partial charge >= 0.3 is 0 Å². The van der Waals surface area contributed by atoms with E-state index in [1.807, 2.05) is 28.9 Å². The molecule has 7 heteroatoms. The summed E-state index contributed by atoms with van der Waals surface area (Å²) in [6.45, 7) is 8.92. The minimum Gasteiger partial charge on any atom is -0.349 e. The van der Waals surface area contributed by atoms with Crippen LogP contribution >= 0.6 is 0 Å². The molecule has 0 radical (unpaired) electrons. The molecule has 36 heavy (non-hydrogen) atoms. The highest BCUT2D eigenvalue weighted by Crippen LogP contribution is 2.37. The maximum absolute atomic E-state index is 5.23. The summed E-state index contributed by atoms with van der Waals surface area (Å²) >= 11 is 0. The van der Waals surface area contributed by atoms with Crippen molar-refractivity contribution in [1.82, 2.24) is 29.5 Å². The van der Waals surface area contributed by atoms with Crippen LogP contribution in [0.1, 0.15) is 33.6 Å². The van der Waals surface area contributed by atoms with Gasteiger partial charge in [-0.05, 0) is 74.7 Å². The Morgan fingerprint density at radius 1 is 0.972 bits per heavy atom. The minimum atomic E-state index is -0.104. The minimum absolute atomic E-state index is 0.104. The number of nitrogens with zero attached hydrogens (tertiary/aromatic N) is 6. The van der Waals surface area contributed by atoms with E-state index in [1.54, 1.807) is 6.33 Å². The molecule has 182 valence electrons. The molecule has 3 aromatic heterocycles. The predicted molar refractivity (Wildman–Crippen MR) is 145 cm³/mol. The van der Waals surface area contributed by atoms with Crippen molar-refractivity contribution in [2.45, 2.75) is 45.2 Å². The van der Waals surface area contributed by atoms with E-state index in [0.717, 1.165) is 59.9 Å². The average molecular weight is 478 g/mol. The van der Waals surface area contributed by atoms with Gasteiger partial charge in [0.05, 0.1) is 16.8 Å². The lowest BCUT2D eigenvalue weighted by Crippen LogP contribution is -2.53. The number of likely N-dealkylation sites (tertiary alicyclic amines) is 1. The molecule has 0 spiro atoms. The van der Waals surface area contributed by atoms with E-state index in [-0.39, 0.29) is 5.54 Å². The Hall–Kier alpha value is -3.84. The Balaban J connectivity index is 1.53. The number of anilines is 1. The number of aromatic nitrogens is 5. The summed E-state index contributed by atoms with van der Waals surface area (Å²) in [5.41, 5.74) is 4.58. The first-order valence-corrected chi connectivity index (χ1v) is 12.7. The van der Waals surface area contributed by atoms with E-state index in [1.165, 1.54) is 10.8 Å². The normalized spacial score (nSPS) is 18.8. The topological polar surface area (TPSA) is 71.2 Å². The predicted octanol–water partition coefficient (Wildman–Crippen LogP) is 5.68. The lowest BCUT2D eigenvalue weighted by atomic mass is 9.90. The molecule has 0 amide bonds.